The molecular weight excluding hydrogens is 260 g/mol. The largest absolute Gasteiger partial charge is 0.388 e. The number of aliphatic hydroxyl groups is 1. The molecule has 2 unspecified atom stereocenters. The molecule has 2 rings (SSSR count). The van der Waals surface area contributed by atoms with Crippen molar-refractivity contribution in [3.63, 3.8) is 0 Å². The van der Waals surface area contributed by atoms with E-state index in [1.165, 1.54) is 24.3 Å². The van der Waals surface area contributed by atoms with E-state index in [9.17, 15) is 13.9 Å². The highest BCUT2D eigenvalue weighted by Gasteiger charge is 2.24. The summed E-state index contributed by atoms with van der Waals surface area (Å²) >= 11 is 0. The maximum Gasteiger partial charge on any atom is 0.129 e. The van der Waals surface area contributed by atoms with Crippen LogP contribution < -0.4 is 5.73 Å². The summed E-state index contributed by atoms with van der Waals surface area (Å²) in [5.41, 5.74) is 7.17. The summed E-state index contributed by atoms with van der Waals surface area (Å²) in [5.74, 6) is -1.44. The molecule has 2 atom stereocenters. The van der Waals surface area contributed by atoms with Gasteiger partial charge in [-0.1, -0.05) is 24.3 Å². The fourth-order valence-electron chi connectivity index (χ4n) is 2.27. The Labute approximate surface area is 116 Å². The summed E-state index contributed by atoms with van der Waals surface area (Å²) in [5, 5.41) is 10.4. The van der Waals surface area contributed by atoms with Crippen LogP contribution in [-0.2, 0) is 0 Å². The summed E-state index contributed by atoms with van der Waals surface area (Å²) in [4.78, 5) is 0. The van der Waals surface area contributed by atoms with Crippen LogP contribution in [0.15, 0.2) is 42.5 Å². The molecule has 0 saturated carbocycles. The lowest BCUT2D eigenvalue weighted by Gasteiger charge is -2.23. The molecule has 4 heteroatoms. The molecular formula is C16H17F2NO. The molecule has 2 nitrogen and oxygen atoms in total. The van der Waals surface area contributed by atoms with Gasteiger partial charge in [0, 0.05) is 18.0 Å². The van der Waals surface area contributed by atoms with Crippen LogP contribution in [0.3, 0.4) is 0 Å². The summed E-state index contributed by atoms with van der Waals surface area (Å²) < 4.78 is 27.2. The third-order valence-electron chi connectivity index (χ3n) is 3.39. The second kappa shape index (κ2) is 6.11. The highest BCUT2D eigenvalue weighted by molar-refractivity contribution is 5.30. The number of nitrogens with two attached hydrogens (primary N) is 1. The number of aliphatic hydroxyl groups excluding tert-OH is 1. The van der Waals surface area contributed by atoms with Crippen LogP contribution >= 0.6 is 0 Å². The molecule has 2 aromatic carbocycles. The first-order valence-electron chi connectivity index (χ1n) is 6.42. The molecule has 0 radical (unpaired) electrons. The molecule has 0 fully saturated rings. The minimum atomic E-state index is -1.11. The van der Waals surface area contributed by atoms with Gasteiger partial charge in [0.05, 0.1) is 6.10 Å². The average Bonchev–Trinajstić information content (AvgIpc) is 2.39. The number of rotatable bonds is 4. The van der Waals surface area contributed by atoms with Crippen molar-refractivity contribution >= 4 is 0 Å². The fraction of sp³-hybridized carbons (Fsp3) is 0.250. The monoisotopic (exact) mass is 277 g/mol. The highest BCUT2D eigenvalue weighted by atomic mass is 19.1. The van der Waals surface area contributed by atoms with Crippen molar-refractivity contribution in [3.8, 4) is 0 Å². The van der Waals surface area contributed by atoms with Crippen LogP contribution in [-0.4, -0.2) is 11.7 Å². The Morgan fingerprint density at radius 1 is 1.15 bits per heavy atom. The van der Waals surface area contributed by atoms with Gasteiger partial charge in [0.2, 0.25) is 0 Å². The van der Waals surface area contributed by atoms with E-state index in [1.807, 2.05) is 0 Å². The van der Waals surface area contributed by atoms with Crippen molar-refractivity contribution in [1.82, 2.24) is 0 Å². The normalized spacial score (nSPS) is 14.1. The van der Waals surface area contributed by atoms with Crippen LogP contribution in [0, 0.1) is 18.6 Å². The van der Waals surface area contributed by atoms with Gasteiger partial charge in [0.25, 0.3) is 0 Å². The molecule has 0 amide bonds. The van der Waals surface area contributed by atoms with Crippen LogP contribution in [0.5, 0.6) is 0 Å². The van der Waals surface area contributed by atoms with Crippen molar-refractivity contribution < 1.29 is 13.9 Å². The Hall–Kier alpha value is -1.78. The Bertz CT molecular complexity index is 601. The second-order valence-electron chi connectivity index (χ2n) is 4.87. The Morgan fingerprint density at radius 2 is 1.90 bits per heavy atom. The lowest BCUT2D eigenvalue weighted by Crippen LogP contribution is -2.21. The molecule has 2 aromatic rings. The zero-order valence-electron chi connectivity index (χ0n) is 11.2. The zero-order chi connectivity index (χ0) is 14.7. The van der Waals surface area contributed by atoms with E-state index < -0.39 is 23.7 Å². The molecule has 0 spiro atoms. The predicted octanol–water partition coefficient (Wildman–Crippen LogP) is 3.05. The zero-order valence-corrected chi connectivity index (χ0v) is 11.2. The number of hydrogen-bond donors (Lipinski definition) is 2. The lowest BCUT2D eigenvalue weighted by molar-refractivity contribution is 0.143. The van der Waals surface area contributed by atoms with Gasteiger partial charge in [-0.3, -0.25) is 0 Å². The molecule has 0 aliphatic rings. The number of aryl methyl sites for hydroxylation is 1. The van der Waals surface area contributed by atoms with Gasteiger partial charge in [-0.25, -0.2) is 8.78 Å². The van der Waals surface area contributed by atoms with Gasteiger partial charge in [0.1, 0.15) is 11.6 Å². The highest BCUT2D eigenvalue weighted by Crippen LogP contribution is 2.32. The molecule has 20 heavy (non-hydrogen) atoms. The van der Waals surface area contributed by atoms with Gasteiger partial charge in [0.15, 0.2) is 0 Å². The average molecular weight is 277 g/mol. The Balaban J connectivity index is 2.36. The second-order valence-corrected chi connectivity index (χ2v) is 4.87. The van der Waals surface area contributed by atoms with Crippen LogP contribution in [0.2, 0.25) is 0 Å². The number of benzene rings is 2. The van der Waals surface area contributed by atoms with E-state index in [0.29, 0.717) is 5.56 Å². The summed E-state index contributed by atoms with van der Waals surface area (Å²) in [7, 11) is 0. The van der Waals surface area contributed by atoms with Crippen molar-refractivity contribution in [2.24, 2.45) is 5.73 Å². The van der Waals surface area contributed by atoms with E-state index in [0.717, 1.165) is 5.56 Å². The van der Waals surface area contributed by atoms with E-state index in [4.69, 9.17) is 5.73 Å². The van der Waals surface area contributed by atoms with Gasteiger partial charge in [-0.15, -0.1) is 0 Å². The molecule has 0 bridgehead atoms. The van der Waals surface area contributed by atoms with Crippen LogP contribution in [0.4, 0.5) is 8.78 Å². The van der Waals surface area contributed by atoms with Gasteiger partial charge in [-0.2, -0.15) is 0 Å². The topological polar surface area (TPSA) is 46.2 Å². The first kappa shape index (κ1) is 14.6. The first-order valence-corrected chi connectivity index (χ1v) is 6.42. The first-order chi connectivity index (χ1) is 9.52. The van der Waals surface area contributed by atoms with Crippen LogP contribution in [0.25, 0.3) is 0 Å². The maximum atomic E-state index is 13.9. The molecule has 0 heterocycles. The third kappa shape index (κ3) is 3.03. The third-order valence-corrected chi connectivity index (χ3v) is 3.39. The minimum absolute atomic E-state index is 0.0952. The molecule has 106 valence electrons. The quantitative estimate of drug-likeness (QED) is 0.902. The van der Waals surface area contributed by atoms with Gasteiger partial charge in [-0.05, 0) is 36.2 Å². The Kier molecular flexibility index (Phi) is 4.47. The minimum Gasteiger partial charge on any atom is -0.388 e. The van der Waals surface area contributed by atoms with Crippen molar-refractivity contribution in [2.45, 2.75) is 18.9 Å². The smallest absolute Gasteiger partial charge is 0.129 e. The maximum absolute atomic E-state index is 13.9. The summed E-state index contributed by atoms with van der Waals surface area (Å²) in [6.45, 7) is 1.87. The predicted molar refractivity (Wildman–Crippen MR) is 74.3 cm³/mol. The number of hydrogen-bond acceptors (Lipinski definition) is 2. The van der Waals surface area contributed by atoms with Crippen molar-refractivity contribution in [1.29, 1.82) is 0 Å². The van der Waals surface area contributed by atoms with Gasteiger partial charge >= 0.3 is 0 Å². The van der Waals surface area contributed by atoms with Crippen molar-refractivity contribution in [3.05, 3.63) is 70.8 Å². The lowest BCUT2D eigenvalue weighted by atomic mass is 9.88. The Morgan fingerprint density at radius 3 is 2.50 bits per heavy atom. The number of halogens is 2. The molecule has 0 aliphatic carbocycles. The van der Waals surface area contributed by atoms with E-state index in [-0.39, 0.29) is 12.1 Å². The fourth-order valence-corrected chi connectivity index (χ4v) is 2.27. The summed E-state index contributed by atoms with van der Waals surface area (Å²) in [6.07, 6.45) is -1.11. The van der Waals surface area contributed by atoms with Gasteiger partial charge < -0.3 is 10.8 Å². The summed E-state index contributed by atoms with van der Waals surface area (Å²) in [6, 6.07) is 10.5. The van der Waals surface area contributed by atoms with Crippen LogP contribution in [0.1, 0.15) is 28.7 Å². The van der Waals surface area contributed by atoms with E-state index >= 15 is 0 Å². The van der Waals surface area contributed by atoms with E-state index in [1.54, 1.807) is 25.1 Å². The molecule has 0 saturated heterocycles. The molecule has 0 aliphatic heterocycles. The standard InChI is InChI=1S/C16H17F2NO/c1-10-5-6-13(15(18)7-10)16(20)14(9-19)11-3-2-4-12(17)8-11/h2-8,14,16,20H,9,19H2,1H3. The molecule has 3 N–H and O–H groups in total. The van der Waals surface area contributed by atoms with E-state index in [2.05, 4.69) is 0 Å². The van der Waals surface area contributed by atoms with Crippen molar-refractivity contribution in [2.75, 3.05) is 6.54 Å². The SMILES string of the molecule is Cc1ccc(C(O)C(CN)c2cccc(F)c2)c(F)c1. The molecule has 0 aromatic heterocycles.